The van der Waals surface area contributed by atoms with Gasteiger partial charge in [-0.3, -0.25) is 19.6 Å². The van der Waals surface area contributed by atoms with E-state index < -0.39 is 11.8 Å². The monoisotopic (exact) mass is 699 g/mol. The summed E-state index contributed by atoms with van der Waals surface area (Å²) in [5.41, 5.74) is 2.91. The number of hydrogen-bond donors (Lipinski definition) is 3. The highest BCUT2D eigenvalue weighted by Gasteiger charge is 2.21. The first-order valence-electron chi connectivity index (χ1n) is 16.0. The first-order valence-corrected chi connectivity index (χ1v) is 16.4. The van der Waals surface area contributed by atoms with Crippen molar-refractivity contribution in [3.05, 3.63) is 89.4 Å². The number of anilines is 3. The molecule has 0 spiro atoms. The van der Waals surface area contributed by atoms with Gasteiger partial charge in [-0.1, -0.05) is 17.7 Å². The van der Waals surface area contributed by atoms with E-state index in [0.29, 0.717) is 83.9 Å². The van der Waals surface area contributed by atoms with Gasteiger partial charge in [-0.25, -0.2) is 0 Å². The molecule has 0 radical (unpaired) electrons. The maximum absolute atomic E-state index is 13.0. The Hall–Kier alpha value is -5.26. The van der Waals surface area contributed by atoms with E-state index in [4.69, 9.17) is 30.5 Å². The van der Waals surface area contributed by atoms with Crippen LogP contribution >= 0.6 is 11.6 Å². The highest BCUT2D eigenvalue weighted by molar-refractivity contribution is 6.32. The quantitative estimate of drug-likeness (QED) is 0.109. The predicted octanol–water partition coefficient (Wildman–Crippen LogP) is 4.83. The highest BCUT2D eigenvalue weighted by Crippen LogP contribution is 2.38. The van der Waals surface area contributed by atoms with Gasteiger partial charge in [-0.2, -0.15) is 5.26 Å². The average molecular weight is 700 g/mol. The molecular formula is C36H38ClN7O6. The normalized spacial score (nSPS) is 14.1. The topological polar surface area (TPSA) is 160 Å². The standard InChI is InChI=1S/C36H38ClN7O6/c1-44(2)13-16-47-15-12-40-34(45)8-9-35(46)43-31-18-28-30(19-33(31)50-27-10-14-48-23-27)41-21-24(20-38)36(28)42-25-6-7-32(29(37)17-25)49-22-26-5-3-4-11-39-26/h3-9,11,17-19,21,27H,10,12-16,22-23H2,1-2H3,(H,40,45)(H,41,42)(H,43,46)/b9-8+. The molecule has 3 N–H and O–H groups in total. The number of carbonyl (C=O) groups is 2. The number of carbonyl (C=O) groups excluding carboxylic acids is 2. The summed E-state index contributed by atoms with van der Waals surface area (Å²) in [6.07, 6.45) is 5.90. The summed E-state index contributed by atoms with van der Waals surface area (Å²) in [5, 5.41) is 19.7. The van der Waals surface area contributed by atoms with Crippen LogP contribution in [0.15, 0.2) is 73.1 Å². The second kappa shape index (κ2) is 17.9. The first-order chi connectivity index (χ1) is 24.3. The maximum atomic E-state index is 13.0. The van der Waals surface area contributed by atoms with Gasteiger partial charge in [0.1, 0.15) is 30.3 Å². The summed E-state index contributed by atoms with van der Waals surface area (Å²) in [6, 6.07) is 16.3. The fourth-order valence-corrected chi connectivity index (χ4v) is 5.11. The lowest BCUT2D eigenvalue weighted by Crippen LogP contribution is -2.27. The number of nitrogens with zero attached hydrogens (tertiary/aromatic N) is 4. The molecule has 260 valence electrons. The van der Waals surface area contributed by atoms with Gasteiger partial charge in [-0.15, -0.1) is 0 Å². The van der Waals surface area contributed by atoms with Gasteiger partial charge < -0.3 is 39.8 Å². The zero-order valence-electron chi connectivity index (χ0n) is 27.8. The van der Waals surface area contributed by atoms with Crippen LogP contribution < -0.4 is 25.4 Å². The molecule has 4 aromatic rings. The van der Waals surface area contributed by atoms with Crippen molar-refractivity contribution in [1.82, 2.24) is 20.2 Å². The van der Waals surface area contributed by atoms with Crippen LogP contribution in [0.1, 0.15) is 17.7 Å². The van der Waals surface area contributed by atoms with E-state index in [1.165, 1.54) is 6.20 Å². The Morgan fingerprint density at radius 1 is 1.10 bits per heavy atom. The molecule has 1 unspecified atom stereocenters. The minimum Gasteiger partial charge on any atom is -0.486 e. The number of nitrogens with one attached hydrogen (secondary N) is 3. The number of hydrogen-bond acceptors (Lipinski definition) is 11. The summed E-state index contributed by atoms with van der Waals surface area (Å²) in [7, 11) is 3.90. The van der Waals surface area contributed by atoms with E-state index in [1.807, 2.05) is 37.2 Å². The van der Waals surface area contributed by atoms with Crippen LogP contribution in [0.2, 0.25) is 5.02 Å². The van der Waals surface area contributed by atoms with Gasteiger partial charge in [0.25, 0.3) is 0 Å². The van der Waals surface area contributed by atoms with Gasteiger partial charge in [0, 0.05) is 61.2 Å². The third-order valence-electron chi connectivity index (χ3n) is 7.45. The summed E-state index contributed by atoms with van der Waals surface area (Å²) in [4.78, 5) is 36.1. The predicted molar refractivity (Wildman–Crippen MR) is 190 cm³/mol. The number of aromatic nitrogens is 2. The molecular weight excluding hydrogens is 662 g/mol. The first kappa shape index (κ1) is 36.0. The zero-order valence-corrected chi connectivity index (χ0v) is 28.5. The summed E-state index contributed by atoms with van der Waals surface area (Å²) < 4.78 is 23.0. The van der Waals surface area contributed by atoms with Crippen molar-refractivity contribution in [2.24, 2.45) is 0 Å². The number of nitriles is 1. The van der Waals surface area contributed by atoms with Gasteiger partial charge in [-0.05, 0) is 50.5 Å². The molecule has 2 aromatic heterocycles. The van der Waals surface area contributed by atoms with E-state index >= 15 is 0 Å². The Morgan fingerprint density at radius 3 is 2.70 bits per heavy atom. The van der Waals surface area contributed by atoms with Crippen molar-refractivity contribution >= 4 is 51.4 Å². The number of amides is 2. The van der Waals surface area contributed by atoms with Gasteiger partial charge in [0.15, 0.2) is 0 Å². The highest BCUT2D eigenvalue weighted by atomic mass is 35.5. The Morgan fingerprint density at radius 2 is 1.96 bits per heavy atom. The van der Waals surface area contributed by atoms with Gasteiger partial charge >= 0.3 is 0 Å². The molecule has 0 bridgehead atoms. The summed E-state index contributed by atoms with van der Waals surface area (Å²) in [5.74, 6) is -0.146. The molecule has 2 aromatic carbocycles. The molecule has 3 heterocycles. The van der Waals surface area contributed by atoms with Crippen LogP contribution in [-0.4, -0.2) is 86.4 Å². The van der Waals surface area contributed by atoms with E-state index in [1.54, 1.807) is 36.5 Å². The smallest absolute Gasteiger partial charge is 0.248 e. The molecule has 5 rings (SSSR count). The van der Waals surface area contributed by atoms with Crippen LogP contribution in [-0.2, 0) is 25.7 Å². The van der Waals surface area contributed by atoms with E-state index in [0.717, 1.165) is 24.4 Å². The van der Waals surface area contributed by atoms with E-state index in [9.17, 15) is 14.9 Å². The number of fused-ring (bicyclic) bond motifs is 1. The van der Waals surface area contributed by atoms with Crippen molar-refractivity contribution in [2.75, 3.05) is 64.2 Å². The summed E-state index contributed by atoms with van der Waals surface area (Å²) >= 11 is 6.57. The molecule has 0 saturated carbocycles. The van der Waals surface area contributed by atoms with Gasteiger partial charge in [0.05, 0.1) is 59.6 Å². The minimum atomic E-state index is -0.554. The van der Waals surface area contributed by atoms with Crippen molar-refractivity contribution in [2.45, 2.75) is 19.1 Å². The number of halogens is 1. The lowest BCUT2D eigenvalue weighted by atomic mass is 10.1. The molecule has 50 heavy (non-hydrogen) atoms. The molecule has 0 aliphatic carbocycles. The van der Waals surface area contributed by atoms with Crippen LogP contribution in [0.25, 0.3) is 10.9 Å². The third-order valence-corrected chi connectivity index (χ3v) is 7.74. The van der Waals surface area contributed by atoms with Crippen LogP contribution in [0.5, 0.6) is 11.5 Å². The largest absolute Gasteiger partial charge is 0.486 e. The third kappa shape index (κ3) is 10.4. The fourth-order valence-electron chi connectivity index (χ4n) is 4.88. The van der Waals surface area contributed by atoms with Gasteiger partial charge in [0.2, 0.25) is 11.8 Å². The molecule has 2 amide bonds. The lowest BCUT2D eigenvalue weighted by Gasteiger charge is -2.18. The van der Waals surface area contributed by atoms with Crippen molar-refractivity contribution in [3.8, 4) is 17.6 Å². The summed E-state index contributed by atoms with van der Waals surface area (Å²) in [6.45, 7) is 3.20. The number of benzene rings is 2. The maximum Gasteiger partial charge on any atom is 0.248 e. The number of pyridine rings is 2. The Kier molecular flexibility index (Phi) is 12.9. The SMILES string of the molecule is CN(C)CCOCCNC(=O)/C=C/C(=O)Nc1cc2c(Nc3ccc(OCc4ccccn4)c(Cl)c3)c(C#N)cnc2cc1OC1CCOC1. The van der Waals surface area contributed by atoms with Crippen molar-refractivity contribution in [1.29, 1.82) is 5.26 Å². The fraction of sp³-hybridized carbons (Fsp3) is 0.306. The second-order valence-corrected chi connectivity index (χ2v) is 11.9. The molecule has 13 nitrogen and oxygen atoms in total. The average Bonchev–Trinajstić information content (AvgIpc) is 3.62. The Balaban J connectivity index is 1.34. The van der Waals surface area contributed by atoms with Crippen molar-refractivity contribution in [3.63, 3.8) is 0 Å². The Labute approximate surface area is 295 Å². The Bertz CT molecular complexity index is 1860. The number of rotatable bonds is 16. The zero-order chi connectivity index (χ0) is 35.3. The molecule has 1 fully saturated rings. The minimum absolute atomic E-state index is 0.221. The number of likely N-dealkylation sites (N-methyl/N-ethyl adjacent to an activating group) is 1. The van der Waals surface area contributed by atoms with Crippen LogP contribution in [0, 0.1) is 11.3 Å². The molecule has 1 atom stereocenters. The molecule has 1 aliphatic heterocycles. The second-order valence-electron chi connectivity index (χ2n) is 11.5. The van der Waals surface area contributed by atoms with E-state index in [-0.39, 0.29) is 18.3 Å². The molecule has 1 aliphatic rings. The van der Waals surface area contributed by atoms with Crippen molar-refractivity contribution < 1.29 is 28.5 Å². The van der Waals surface area contributed by atoms with Crippen LogP contribution in [0.4, 0.5) is 17.1 Å². The number of ether oxygens (including phenoxy) is 4. The molecule has 1 saturated heterocycles. The van der Waals surface area contributed by atoms with Crippen LogP contribution in [0.3, 0.4) is 0 Å². The molecule has 14 heteroatoms. The lowest BCUT2D eigenvalue weighted by molar-refractivity contribution is -0.117. The van der Waals surface area contributed by atoms with E-state index in [2.05, 4.69) is 32.0 Å².